The Hall–Kier alpha value is -4.27. The second-order valence-electron chi connectivity index (χ2n) is 8.97. The molecule has 1 aromatic heterocycles. The lowest BCUT2D eigenvalue weighted by atomic mass is 9.94. The van der Waals surface area contributed by atoms with E-state index in [-0.39, 0.29) is 11.4 Å². The van der Waals surface area contributed by atoms with Crippen LogP contribution in [0.2, 0.25) is 0 Å². The van der Waals surface area contributed by atoms with Crippen molar-refractivity contribution in [3.8, 4) is 11.5 Å². The average Bonchev–Trinajstić information content (AvgIpc) is 3.31. The van der Waals surface area contributed by atoms with E-state index < -0.39 is 15.5 Å². The monoisotopic (exact) mass is 556 g/mol. The van der Waals surface area contributed by atoms with Gasteiger partial charge >= 0.3 is 5.69 Å². The molecule has 14 heteroatoms. The average molecular weight is 557 g/mol. The number of hydrogen-bond donors (Lipinski definition) is 1. The Labute approximate surface area is 228 Å². The molecule has 1 aliphatic carbocycles. The largest absolute Gasteiger partial charge is 0.487 e. The Bertz CT molecular complexity index is 1420. The lowest BCUT2D eigenvalue weighted by Gasteiger charge is -2.15. The first-order valence-electron chi connectivity index (χ1n) is 12.9. The molecule has 2 aliphatic rings. The van der Waals surface area contributed by atoms with E-state index in [1.54, 1.807) is 6.07 Å². The maximum atomic E-state index is 11.5. The second-order valence-corrected chi connectivity index (χ2v) is 8.97. The summed E-state index contributed by atoms with van der Waals surface area (Å²) >= 11 is 0. The number of non-ortho nitro benzene ring substituents is 1. The molecule has 40 heavy (non-hydrogen) atoms. The highest BCUT2D eigenvalue weighted by Crippen LogP contribution is 2.39. The van der Waals surface area contributed by atoms with Gasteiger partial charge in [-0.15, -0.1) is 0 Å². The molecule has 5 rings (SSSR count). The quantitative estimate of drug-likeness (QED) is 0.360. The van der Waals surface area contributed by atoms with Gasteiger partial charge in [-0.05, 0) is 25.0 Å². The summed E-state index contributed by atoms with van der Waals surface area (Å²) in [6.07, 6.45) is 2.05. The van der Waals surface area contributed by atoms with Crippen molar-refractivity contribution in [3.05, 3.63) is 61.9 Å². The number of hydrazone groups is 1. The van der Waals surface area contributed by atoms with Crippen molar-refractivity contribution in [2.45, 2.75) is 19.3 Å². The van der Waals surface area contributed by atoms with E-state index in [2.05, 4.69) is 10.5 Å². The minimum atomic E-state index is -0.688. The summed E-state index contributed by atoms with van der Waals surface area (Å²) in [5.41, 5.74) is 3.96. The minimum Gasteiger partial charge on any atom is -0.487 e. The lowest BCUT2D eigenvalue weighted by molar-refractivity contribution is -0.393. The fourth-order valence-electron chi connectivity index (χ4n) is 4.50. The zero-order valence-corrected chi connectivity index (χ0v) is 21.6. The Kier molecular flexibility index (Phi) is 8.68. The van der Waals surface area contributed by atoms with Crippen molar-refractivity contribution < 1.29 is 37.9 Å². The van der Waals surface area contributed by atoms with Crippen molar-refractivity contribution >= 4 is 33.7 Å². The summed E-state index contributed by atoms with van der Waals surface area (Å²) in [5, 5.41) is 27.8. The fraction of sp³-hybridized carbons (Fsp3) is 0.423. The lowest BCUT2D eigenvalue weighted by Crippen LogP contribution is -2.13. The van der Waals surface area contributed by atoms with Crippen LogP contribution in [0.3, 0.4) is 0 Å². The third-order valence-electron chi connectivity index (χ3n) is 6.35. The van der Waals surface area contributed by atoms with Crippen LogP contribution in [0, 0.1) is 20.2 Å². The van der Waals surface area contributed by atoms with Crippen molar-refractivity contribution in [1.29, 1.82) is 0 Å². The maximum absolute atomic E-state index is 11.5. The summed E-state index contributed by atoms with van der Waals surface area (Å²) in [7, 11) is 0. The number of benzene rings is 2. The van der Waals surface area contributed by atoms with Gasteiger partial charge in [0.1, 0.15) is 30.2 Å². The molecule has 0 saturated heterocycles. The molecule has 2 heterocycles. The van der Waals surface area contributed by atoms with Crippen molar-refractivity contribution in [1.82, 2.24) is 0 Å². The van der Waals surface area contributed by atoms with Crippen LogP contribution in [0.25, 0.3) is 11.0 Å². The Morgan fingerprint density at radius 2 is 1.43 bits per heavy atom. The molecule has 0 fully saturated rings. The van der Waals surface area contributed by atoms with Gasteiger partial charge in [0.05, 0.1) is 61.3 Å². The van der Waals surface area contributed by atoms with Crippen molar-refractivity contribution in [2.24, 2.45) is 5.10 Å². The molecule has 0 atom stereocenters. The van der Waals surface area contributed by atoms with E-state index in [1.807, 2.05) is 6.07 Å². The number of anilines is 1. The number of furan rings is 1. The highest BCUT2D eigenvalue weighted by molar-refractivity contribution is 6.12. The molecule has 0 unspecified atom stereocenters. The van der Waals surface area contributed by atoms with Crippen LogP contribution < -0.4 is 14.9 Å². The van der Waals surface area contributed by atoms with Gasteiger partial charge in [-0.1, -0.05) is 0 Å². The molecule has 0 spiro atoms. The normalized spacial score (nSPS) is 17.9. The van der Waals surface area contributed by atoms with Crippen molar-refractivity contribution in [2.75, 3.05) is 58.3 Å². The van der Waals surface area contributed by atoms with Gasteiger partial charge in [-0.25, -0.2) is 0 Å². The maximum Gasteiger partial charge on any atom is 0.301 e. The molecule has 3 aromatic rings. The number of aryl methyl sites for hydroxylation is 1. The molecule has 212 valence electrons. The number of ether oxygens (including phenoxy) is 5. The first-order valence-corrected chi connectivity index (χ1v) is 12.9. The van der Waals surface area contributed by atoms with Gasteiger partial charge in [0.2, 0.25) is 0 Å². The number of rotatable bonds is 4. The third-order valence-corrected chi connectivity index (χ3v) is 6.35. The van der Waals surface area contributed by atoms with Gasteiger partial charge < -0.3 is 28.1 Å². The molecule has 0 saturated carbocycles. The Balaban J connectivity index is 1.45. The SMILES string of the molecule is O=[N+]([O-])c1ccc(N/N=C2/CCCc3oc4cc5c(cc4c32)OCCOCCOCCOCCO5)c([N+](=O)[O-])c1. The number of hydrogen-bond acceptors (Lipinski definition) is 12. The summed E-state index contributed by atoms with van der Waals surface area (Å²) in [4.78, 5) is 21.2. The van der Waals surface area contributed by atoms with Gasteiger partial charge in [-0.3, -0.25) is 25.7 Å². The number of nitrogens with zero attached hydrogens (tertiary/aromatic N) is 3. The van der Waals surface area contributed by atoms with Crippen LogP contribution in [0.15, 0.2) is 39.9 Å². The van der Waals surface area contributed by atoms with Gasteiger partial charge in [0.15, 0.2) is 11.5 Å². The molecule has 0 radical (unpaired) electrons. The highest BCUT2D eigenvalue weighted by atomic mass is 16.6. The van der Waals surface area contributed by atoms with E-state index in [0.717, 1.165) is 29.2 Å². The van der Waals surface area contributed by atoms with Gasteiger partial charge in [-0.2, -0.15) is 5.10 Å². The molecule has 2 aromatic carbocycles. The predicted octanol–water partition coefficient (Wildman–Crippen LogP) is 4.22. The Morgan fingerprint density at radius 1 is 0.775 bits per heavy atom. The first kappa shape index (κ1) is 27.3. The topological polar surface area (TPSA) is 170 Å². The molecular weight excluding hydrogens is 528 g/mol. The number of nitrogens with one attached hydrogen (secondary N) is 1. The smallest absolute Gasteiger partial charge is 0.301 e. The number of nitro benzene ring substituents is 2. The summed E-state index contributed by atoms with van der Waals surface area (Å²) in [6.45, 7) is 3.20. The van der Waals surface area contributed by atoms with Crippen LogP contribution in [-0.2, 0) is 20.6 Å². The van der Waals surface area contributed by atoms with Crippen LogP contribution >= 0.6 is 0 Å². The third kappa shape index (κ3) is 6.30. The van der Waals surface area contributed by atoms with Crippen LogP contribution in [-0.4, -0.2) is 68.4 Å². The molecule has 0 bridgehead atoms. The summed E-state index contributed by atoms with van der Waals surface area (Å²) in [6, 6.07) is 6.97. The van der Waals surface area contributed by atoms with Crippen molar-refractivity contribution in [3.63, 3.8) is 0 Å². The molecular formula is C26H28N4O10. The molecule has 0 amide bonds. The first-order chi connectivity index (χ1) is 19.5. The van der Waals surface area contributed by atoms with Crippen LogP contribution in [0.1, 0.15) is 24.2 Å². The molecule has 1 aliphatic heterocycles. The molecule has 1 N–H and O–H groups in total. The van der Waals surface area contributed by atoms with Gasteiger partial charge in [0.25, 0.3) is 5.69 Å². The predicted molar refractivity (Wildman–Crippen MR) is 143 cm³/mol. The summed E-state index contributed by atoms with van der Waals surface area (Å²) in [5.74, 6) is 1.75. The van der Waals surface area contributed by atoms with E-state index in [0.29, 0.717) is 88.5 Å². The summed E-state index contributed by atoms with van der Waals surface area (Å²) < 4.78 is 34.7. The standard InChI is InChI=1S/C26H28N4O10/c31-29(32)17-4-5-19(21(14-17)30(33)34)27-28-20-2-1-3-22-26(20)18-15-24-25(16-23(18)40-22)39-13-11-37-9-7-35-6-8-36-10-12-38-24/h4-5,14-16,27H,1-3,6-13H2/b28-20-. The zero-order chi connectivity index (χ0) is 27.9. The van der Waals surface area contributed by atoms with Crippen LogP contribution in [0.5, 0.6) is 11.5 Å². The molecule has 14 nitrogen and oxygen atoms in total. The minimum absolute atomic E-state index is 0.0410. The van der Waals surface area contributed by atoms with E-state index in [1.165, 1.54) is 12.1 Å². The van der Waals surface area contributed by atoms with E-state index in [4.69, 9.17) is 28.1 Å². The van der Waals surface area contributed by atoms with Crippen LogP contribution in [0.4, 0.5) is 17.1 Å². The number of nitro groups is 2. The Morgan fingerprint density at radius 3 is 2.08 bits per heavy atom. The second kappa shape index (κ2) is 12.7. The van der Waals surface area contributed by atoms with E-state index >= 15 is 0 Å². The van der Waals surface area contributed by atoms with E-state index in [9.17, 15) is 20.2 Å². The zero-order valence-electron chi connectivity index (χ0n) is 21.6. The number of fused-ring (bicyclic) bond motifs is 4. The fourth-order valence-corrected chi connectivity index (χ4v) is 4.50. The van der Waals surface area contributed by atoms with Gasteiger partial charge in [0, 0.05) is 29.5 Å². The highest BCUT2D eigenvalue weighted by Gasteiger charge is 2.26.